The predicted molar refractivity (Wildman–Crippen MR) is 70.8 cm³/mol. The number of benzene rings is 1. The van der Waals surface area contributed by atoms with Crippen molar-refractivity contribution in [2.75, 3.05) is 19.6 Å². The molecule has 1 amide bonds. The van der Waals surface area contributed by atoms with E-state index in [4.69, 9.17) is 5.73 Å². The molecule has 0 unspecified atom stereocenters. The van der Waals surface area contributed by atoms with Gasteiger partial charge in [-0.3, -0.25) is 4.79 Å². The maximum absolute atomic E-state index is 13.6. The van der Waals surface area contributed by atoms with Crippen molar-refractivity contribution in [3.63, 3.8) is 0 Å². The third kappa shape index (κ3) is 4.28. The van der Waals surface area contributed by atoms with Gasteiger partial charge in [0, 0.05) is 13.1 Å². The summed E-state index contributed by atoms with van der Waals surface area (Å²) in [5, 5.41) is 0. The van der Waals surface area contributed by atoms with Gasteiger partial charge in [-0.2, -0.15) is 0 Å². The molecule has 1 aromatic rings. The van der Waals surface area contributed by atoms with E-state index >= 15 is 0 Å². The first-order chi connectivity index (χ1) is 8.97. The Bertz CT molecular complexity index is 435. The Balaban J connectivity index is 2.94. The topological polar surface area (TPSA) is 46.3 Å². The monoisotopic (exact) mass is 270 g/mol. The summed E-state index contributed by atoms with van der Waals surface area (Å²) in [5.41, 5.74) is 5.20. The number of amides is 1. The molecule has 106 valence electrons. The van der Waals surface area contributed by atoms with E-state index in [1.807, 2.05) is 13.8 Å². The first-order valence-corrected chi connectivity index (χ1v) is 6.40. The fourth-order valence-electron chi connectivity index (χ4n) is 1.84. The third-order valence-electron chi connectivity index (χ3n) is 2.69. The molecule has 0 saturated carbocycles. The van der Waals surface area contributed by atoms with Crippen molar-refractivity contribution in [3.05, 3.63) is 35.4 Å². The van der Waals surface area contributed by atoms with E-state index in [1.165, 1.54) is 17.0 Å². The molecule has 0 aromatic heterocycles. The van der Waals surface area contributed by atoms with Crippen molar-refractivity contribution in [2.24, 2.45) is 11.7 Å². The Hall–Kier alpha value is -1.49. The van der Waals surface area contributed by atoms with Crippen molar-refractivity contribution < 1.29 is 13.6 Å². The van der Waals surface area contributed by atoms with E-state index in [9.17, 15) is 13.6 Å². The van der Waals surface area contributed by atoms with Gasteiger partial charge in [0.25, 0.3) is 5.91 Å². The molecule has 0 heterocycles. The summed E-state index contributed by atoms with van der Waals surface area (Å²) in [6, 6.07) is 3.64. The summed E-state index contributed by atoms with van der Waals surface area (Å²) < 4.78 is 26.8. The quantitative estimate of drug-likeness (QED) is 0.863. The van der Waals surface area contributed by atoms with Crippen molar-refractivity contribution in [2.45, 2.75) is 20.3 Å². The van der Waals surface area contributed by atoms with E-state index < -0.39 is 17.5 Å². The zero-order valence-corrected chi connectivity index (χ0v) is 11.3. The van der Waals surface area contributed by atoms with Crippen LogP contribution in [0.25, 0.3) is 0 Å². The van der Waals surface area contributed by atoms with E-state index in [2.05, 4.69) is 0 Å². The van der Waals surface area contributed by atoms with Gasteiger partial charge in [0.1, 0.15) is 0 Å². The standard InChI is InChI=1S/C14H20F2N2O/c1-10(2)9-18(8-4-7-17)14(19)11-5-3-6-12(15)13(11)16/h3,5-6,10H,4,7-9,17H2,1-2H3. The number of carbonyl (C=O) groups is 1. The first kappa shape index (κ1) is 15.6. The molecular weight excluding hydrogens is 250 g/mol. The van der Waals surface area contributed by atoms with E-state index in [0.717, 1.165) is 6.07 Å². The van der Waals surface area contributed by atoms with Gasteiger partial charge in [-0.1, -0.05) is 19.9 Å². The van der Waals surface area contributed by atoms with Crippen LogP contribution in [0.1, 0.15) is 30.6 Å². The number of nitrogens with zero attached hydrogens (tertiary/aromatic N) is 1. The first-order valence-electron chi connectivity index (χ1n) is 6.40. The number of nitrogens with two attached hydrogens (primary N) is 1. The van der Waals surface area contributed by atoms with Gasteiger partial charge in [-0.05, 0) is 31.0 Å². The van der Waals surface area contributed by atoms with Gasteiger partial charge in [0.05, 0.1) is 5.56 Å². The van der Waals surface area contributed by atoms with Crippen LogP contribution in [0, 0.1) is 17.6 Å². The van der Waals surface area contributed by atoms with Crippen molar-refractivity contribution in [1.82, 2.24) is 4.90 Å². The average Bonchev–Trinajstić information content (AvgIpc) is 2.36. The van der Waals surface area contributed by atoms with Crippen LogP contribution in [0.4, 0.5) is 8.78 Å². The Morgan fingerprint density at radius 2 is 2.05 bits per heavy atom. The minimum absolute atomic E-state index is 0.224. The highest BCUT2D eigenvalue weighted by Crippen LogP contribution is 2.15. The molecule has 2 N–H and O–H groups in total. The second kappa shape index (κ2) is 7.19. The minimum Gasteiger partial charge on any atom is -0.338 e. The molecule has 19 heavy (non-hydrogen) atoms. The second-order valence-corrected chi connectivity index (χ2v) is 4.89. The van der Waals surface area contributed by atoms with Crippen LogP contribution in [0.15, 0.2) is 18.2 Å². The molecule has 0 radical (unpaired) electrons. The molecule has 0 aliphatic carbocycles. The largest absolute Gasteiger partial charge is 0.338 e. The van der Waals surface area contributed by atoms with Crippen LogP contribution < -0.4 is 5.73 Å². The van der Waals surface area contributed by atoms with Gasteiger partial charge in [0.15, 0.2) is 11.6 Å². The van der Waals surface area contributed by atoms with Crippen LogP contribution in [0.2, 0.25) is 0 Å². The third-order valence-corrected chi connectivity index (χ3v) is 2.69. The zero-order valence-electron chi connectivity index (χ0n) is 11.3. The van der Waals surface area contributed by atoms with Crippen molar-refractivity contribution in [1.29, 1.82) is 0 Å². The lowest BCUT2D eigenvalue weighted by molar-refractivity contribution is 0.0729. The fourth-order valence-corrected chi connectivity index (χ4v) is 1.84. The molecule has 0 bridgehead atoms. The molecule has 3 nitrogen and oxygen atoms in total. The molecule has 0 spiro atoms. The Labute approximate surface area is 112 Å². The predicted octanol–water partition coefficient (Wildman–Crippen LogP) is 2.41. The molecule has 5 heteroatoms. The molecule has 0 fully saturated rings. The Morgan fingerprint density at radius 1 is 1.37 bits per heavy atom. The summed E-state index contributed by atoms with van der Waals surface area (Å²) in [5.74, 6) is -2.33. The lowest BCUT2D eigenvalue weighted by atomic mass is 10.1. The second-order valence-electron chi connectivity index (χ2n) is 4.89. The summed E-state index contributed by atoms with van der Waals surface area (Å²) >= 11 is 0. The molecule has 0 saturated heterocycles. The highest BCUT2D eigenvalue weighted by atomic mass is 19.2. The molecule has 0 aliphatic rings. The Morgan fingerprint density at radius 3 is 2.63 bits per heavy atom. The fraction of sp³-hybridized carbons (Fsp3) is 0.500. The normalized spacial score (nSPS) is 10.8. The van der Waals surface area contributed by atoms with Gasteiger partial charge in [0.2, 0.25) is 0 Å². The number of halogens is 2. The van der Waals surface area contributed by atoms with Gasteiger partial charge in [-0.15, -0.1) is 0 Å². The molecule has 0 atom stereocenters. The van der Waals surface area contributed by atoms with Crippen LogP contribution in [0.5, 0.6) is 0 Å². The van der Waals surface area contributed by atoms with Gasteiger partial charge in [-0.25, -0.2) is 8.78 Å². The molecule has 1 aromatic carbocycles. The SMILES string of the molecule is CC(C)CN(CCCN)C(=O)c1cccc(F)c1F. The van der Waals surface area contributed by atoms with Crippen molar-refractivity contribution >= 4 is 5.91 Å². The smallest absolute Gasteiger partial charge is 0.256 e. The summed E-state index contributed by atoms with van der Waals surface area (Å²) in [4.78, 5) is 13.8. The van der Waals surface area contributed by atoms with Crippen molar-refractivity contribution in [3.8, 4) is 0 Å². The zero-order chi connectivity index (χ0) is 14.4. The van der Waals surface area contributed by atoms with Crippen LogP contribution in [-0.2, 0) is 0 Å². The maximum atomic E-state index is 13.6. The van der Waals surface area contributed by atoms with Gasteiger partial charge < -0.3 is 10.6 Å². The van der Waals surface area contributed by atoms with Crippen LogP contribution in [0.3, 0.4) is 0 Å². The molecule has 1 rings (SSSR count). The number of carbonyl (C=O) groups excluding carboxylic acids is 1. The number of hydrogen-bond donors (Lipinski definition) is 1. The van der Waals surface area contributed by atoms with E-state index in [0.29, 0.717) is 26.1 Å². The summed E-state index contributed by atoms with van der Waals surface area (Å²) in [6.45, 7) is 5.32. The summed E-state index contributed by atoms with van der Waals surface area (Å²) in [6.07, 6.45) is 0.634. The lowest BCUT2D eigenvalue weighted by Crippen LogP contribution is -2.36. The highest BCUT2D eigenvalue weighted by Gasteiger charge is 2.21. The number of rotatable bonds is 6. The van der Waals surface area contributed by atoms with Crippen LogP contribution in [-0.4, -0.2) is 30.4 Å². The molecule has 0 aliphatic heterocycles. The molecular formula is C14H20F2N2O. The Kier molecular flexibility index (Phi) is 5.89. The van der Waals surface area contributed by atoms with Gasteiger partial charge >= 0.3 is 0 Å². The van der Waals surface area contributed by atoms with E-state index in [-0.39, 0.29) is 11.5 Å². The summed E-state index contributed by atoms with van der Waals surface area (Å²) in [7, 11) is 0. The van der Waals surface area contributed by atoms with E-state index in [1.54, 1.807) is 0 Å². The maximum Gasteiger partial charge on any atom is 0.256 e. The minimum atomic E-state index is -1.09. The lowest BCUT2D eigenvalue weighted by Gasteiger charge is -2.24. The highest BCUT2D eigenvalue weighted by molar-refractivity contribution is 5.94. The average molecular weight is 270 g/mol. The van der Waals surface area contributed by atoms with Crippen LogP contribution >= 0.6 is 0 Å². The number of hydrogen-bond acceptors (Lipinski definition) is 2.